The zero-order chi connectivity index (χ0) is 24.9. The third-order valence-electron chi connectivity index (χ3n) is 5.61. The van der Waals surface area contributed by atoms with E-state index in [1.54, 1.807) is 13.8 Å². The van der Waals surface area contributed by atoms with Crippen LogP contribution < -0.4 is 5.32 Å². The summed E-state index contributed by atoms with van der Waals surface area (Å²) >= 11 is 1.02. The molecule has 1 amide bonds. The van der Waals surface area contributed by atoms with E-state index in [-0.39, 0.29) is 41.0 Å². The van der Waals surface area contributed by atoms with Gasteiger partial charge in [0.15, 0.2) is 0 Å². The summed E-state index contributed by atoms with van der Waals surface area (Å²) in [6.45, 7) is 3.63. The number of fused-ring (bicyclic) bond motifs is 1. The van der Waals surface area contributed by atoms with Gasteiger partial charge in [0.25, 0.3) is 0 Å². The minimum atomic E-state index is -0.594. The maximum Gasteiger partial charge on any atom is 0.349 e. The molecule has 0 atom stereocenters. The minimum Gasteiger partial charge on any atom is -0.462 e. The first-order valence-corrected chi connectivity index (χ1v) is 12.0. The normalized spacial score (nSPS) is 10.8. The third kappa shape index (κ3) is 5.27. The SMILES string of the molecule is CCOC(=O)c1c(NC(=O)Cc2cn(C)c3ccccc23)sc(C(=O)OCc2ccccc2)c1C. The Kier molecular flexibility index (Phi) is 7.31. The average Bonchev–Trinajstić information content (AvgIpc) is 3.34. The molecule has 0 aliphatic carbocycles. The lowest BCUT2D eigenvalue weighted by Crippen LogP contribution is -2.16. The van der Waals surface area contributed by atoms with Crippen molar-refractivity contribution >= 4 is 45.1 Å². The van der Waals surface area contributed by atoms with Crippen molar-refractivity contribution in [3.63, 3.8) is 0 Å². The van der Waals surface area contributed by atoms with Gasteiger partial charge in [-0.1, -0.05) is 48.5 Å². The summed E-state index contributed by atoms with van der Waals surface area (Å²) in [7, 11) is 1.93. The summed E-state index contributed by atoms with van der Waals surface area (Å²) in [6.07, 6.45) is 2.04. The second kappa shape index (κ2) is 10.6. The van der Waals surface area contributed by atoms with Crippen molar-refractivity contribution in [1.29, 1.82) is 0 Å². The van der Waals surface area contributed by atoms with E-state index in [9.17, 15) is 14.4 Å². The average molecular weight is 491 g/mol. The van der Waals surface area contributed by atoms with Crippen molar-refractivity contribution in [2.45, 2.75) is 26.9 Å². The quantitative estimate of drug-likeness (QED) is 0.340. The van der Waals surface area contributed by atoms with Gasteiger partial charge in [0.2, 0.25) is 5.91 Å². The summed E-state index contributed by atoms with van der Waals surface area (Å²) in [5, 5.41) is 4.09. The highest BCUT2D eigenvalue weighted by Gasteiger charge is 2.27. The fourth-order valence-corrected chi connectivity index (χ4v) is 5.05. The molecule has 0 saturated carbocycles. The number of anilines is 1. The Morgan fingerprint density at radius 1 is 0.971 bits per heavy atom. The molecule has 2 aromatic heterocycles. The maximum absolute atomic E-state index is 13.0. The monoisotopic (exact) mass is 490 g/mol. The number of aromatic nitrogens is 1. The highest BCUT2D eigenvalue weighted by Crippen LogP contribution is 2.35. The van der Waals surface area contributed by atoms with Crippen LogP contribution in [0.2, 0.25) is 0 Å². The number of nitrogens with one attached hydrogen (secondary N) is 1. The molecule has 0 radical (unpaired) electrons. The van der Waals surface area contributed by atoms with Gasteiger partial charge in [-0.3, -0.25) is 4.79 Å². The van der Waals surface area contributed by atoms with Gasteiger partial charge in [-0.15, -0.1) is 11.3 Å². The number of thiophene rings is 1. The lowest BCUT2D eigenvalue weighted by Gasteiger charge is -2.07. The summed E-state index contributed by atoms with van der Waals surface area (Å²) in [5.74, 6) is -1.45. The number of esters is 2. The summed E-state index contributed by atoms with van der Waals surface area (Å²) in [4.78, 5) is 38.8. The number of nitrogens with zero attached hydrogens (tertiary/aromatic N) is 1. The van der Waals surface area contributed by atoms with Crippen molar-refractivity contribution in [2.24, 2.45) is 7.05 Å². The predicted octanol–water partition coefficient (Wildman–Crippen LogP) is 5.26. The number of amides is 1. The summed E-state index contributed by atoms with van der Waals surface area (Å²) < 4.78 is 12.6. The molecule has 2 heterocycles. The minimum absolute atomic E-state index is 0.106. The molecule has 0 unspecified atom stereocenters. The zero-order valence-electron chi connectivity index (χ0n) is 19.8. The maximum atomic E-state index is 13.0. The van der Waals surface area contributed by atoms with Gasteiger partial charge in [-0.05, 0) is 36.6 Å². The van der Waals surface area contributed by atoms with E-state index in [0.717, 1.165) is 33.4 Å². The lowest BCUT2D eigenvalue weighted by atomic mass is 10.1. The number of aryl methyl sites for hydroxylation is 1. The van der Waals surface area contributed by atoms with Crippen molar-refractivity contribution in [3.8, 4) is 0 Å². The Hall–Kier alpha value is -3.91. The van der Waals surface area contributed by atoms with Crippen LogP contribution in [-0.2, 0) is 34.3 Å². The largest absolute Gasteiger partial charge is 0.462 e. The van der Waals surface area contributed by atoms with E-state index >= 15 is 0 Å². The fraction of sp³-hybridized carbons (Fsp3) is 0.222. The van der Waals surface area contributed by atoms with Crippen molar-refractivity contribution in [3.05, 3.63) is 87.9 Å². The molecule has 0 saturated heterocycles. The predicted molar refractivity (Wildman–Crippen MR) is 136 cm³/mol. The number of para-hydroxylation sites is 1. The fourth-order valence-electron chi connectivity index (χ4n) is 3.94. The van der Waals surface area contributed by atoms with Crippen LogP contribution in [0.15, 0.2) is 60.8 Å². The van der Waals surface area contributed by atoms with Gasteiger partial charge in [0.1, 0.15) is 16.5 Å². The van der Waals surface area contributed by atoms with Crippen molar-refractivity contribution in [1.82, 2.24) is 4.57 Å². The zero-order valence-corrected chi connectivity index (χ0v) is 20.6. The molecule has 4 aromatic rings. The molecule has 0 bridgehead atoms. The summed E-state index contributed by atoms with van der Waals surface area (Å²) in [5.41, 5.74) is 3.35. The Bertz CT molecular complexity index is 1390. The van der Waals surface area contributed by atoms with Gasteiger partial charge in [0.05, 0.1) is 18.6 Å². The van der Waals surface area contributed by atoms with E-state index in [1.165, 1.54) is 0 Å². The number of ether oxygens (including phenoxy) is 2. The highest BCUT2D eigenvalue weighted by molar-refractivity contribution is 7.18. The topological polar surface area (TPSA) is 86.6 Å². The van der Waals surface area contributed by atoms with Crippen LogP contribution in [0.3, 0.4) is 0 Å². The molecule has 2 aromatic carbocycles. The highest BCUT2D eigenvalue weighted by atomic mass is 32.1. The Morgan fingerprint density at radius 2 is 1.69 bits per heavy atom. The molecule has 35 heavy (non-hydrogen) atoms. The molecule has 0 aliphatic heterocycles. The smallest absolute Gasteiger partial charge is 0.349 e. The van der Waals surface area contributed by atoms with Crippen LogP contribution in [0.4, 0.5) is 5.00 Å². The molecule has 7 nitrogen and oxygen atoms in total. The van der Waals surface area contributed by atoms with Crippen LogP contribution >= 0.6 is 11.3 Å². The van der Waals surface area contributed by atoms with E-state index < -0.39 is 11.9 Å². The van der Waals surface area contributed by atoms with Gasteiger partial charge < -0.3 is 19.4 Å². The van der Waals surface area contributed by atoms with Gasteiger partial charge in [-0.2, -0.15) is 0 Å². The van der Waals surface area contributed by atoms with Gasteiger partial charge in [-0.25, -0.2) is 9.59 Å². The number of benzene rings is 2. The van der Waals surface area contributed by atoms with Crippen LogP contribution in [0, 0.1) is 6.92 Å². The molecule has 4 rings (SSSR count). The molecular formula is C27H26N2O5S. The molecule has 1 N–H and O–H groups in total. The first-order valence-electron chi connectivity index (χ1n) is 11.2. The second-order valence-corrected chi connectivity index (χ2v) is 9.07. The number of carbonyl (C=O) groups excluding carboxylic acids is 3. The lowest BCUT2D eigenvalue weighted by molar-refractivity contribution is -0.115. The van der Waals surface area contributed by atoms with Gasteiger partial charge in [0, 0.05) is 24.1 Å². The molecular weight excluding hydrogens is 464 g/mol. The van der Waals surface area contributed by atoms with Gasteiger partial charge >= 0.3 is 11.9 Å². The molecule has 180 valence electrons. The molecule has 8 heteroatoms. The number of hydrogen-bond acceptors (Lipinski definition) is 6. The third-order valence-corrected chi connectivity index (χ3v) is 6.80. The van der Waals surface area contributed by atoms with E-state index in [2.05, 4.69) is 5.32 Å². The van der Waals surface area contributed by atoms with Crippen LogP contribution in [0.25, 0.3) is 10.9 Å². The Morgan fingerprint density at radius 3 is 2.43 bits per heavy atom. The Balaban J connectivity index is 1.57. The second-order valence-electron chi connectivity index (χ2n) is 8.05. The molecule has 0 spiro atoms. The number of rotatable bonds is 8. The molecule has 0 fully saturated rings. The number of hydrogen-bond donors (Lipinski definition) is 1. The van der Waals surface area contributed by atoms with Crippen LogP contribution in [0.5, 0.6) is 0 Å². The van der Waals surface area contributed by atoms with Crippen LogP contribution in [0.1, 0.15) is 43.6 Å². The standard InChI is InChI=1S/C27H26N2O5S/c1-4-33-26(31)23-17(2)24(27(32)34-16-18-10-6-5-7-11-18)35-25(23)28-22(30)14-19-15-29(3)21-13-9-8-12-20(19)21/h5-13,15H,4,14,16H2,1-3H3,(H,28,30). The van der Waals surface area contributed by atoms with Crippen LogP contribution in [-0.4, -0.2) is 29.0 Å². The van der Waals surface area contributed by atoms with E-state index in [0.29, 0.717) is 5.56 Å². The van der Waals surface area contributed by atoms with E-state index in [1.807, 2.05) is 72.4 Å². The first-order chi connectivity index (χ1) is 16.9. The summed E-state index contributed by atoms with van der Waals surface area (Å²) in [6, 6.07) is 17.2. The van der Waals surface area contributed by atoms with Crippen molar-refractivity contribution < 1.29 is 23.9 Å². The Labute approximate surface area is 207 Å². The molecule has 0 aliphatic rings. The first kappa shape index (κ1) is 24.2. The number of carbonyl (C=O) groups is 3. The van der Waals surface area contributed by atoms with E-state index in [4.69, 9.17) is 9.47 Å². The van der Waals surface area contributed by atoms with Crippen molar-refractivity contribution in [2.75, 3.05) is 11.9 Å².